The van der Waals surface area contributed by atoms with Gasteiger partial charge in [0.2, 0.25) is 53.2 Å². The standard InChI is InChI=1S/C51H82N16O15/c1-26(2)18-34(44(75)62-33(50(81)82)15-11-17-57-51(54)55)60-38(70)23-58-48(79)40(27(3)4)66-46(77)35(19-29-12-7-6-8-13-29)63-47(78)37(24-68)65-45(76)36(21-39(71)72)64-49(80)41(28(5)69)67-43(74)32(14-9-10-16-52)61-42(73)31(53)20-30-22-56-25-59-30/h6-8,12-13,22,25-28,31-37,40-41,68-69H,9-11,14-21,23-24,52-53H2,1-5H3,(H,56,59)(H,58,79)(H,60,70)(H,61,73)(H,62,75)(H,63,78)(H,64,80)(H,65,76)(H,66,77)(H,67,74)(H,71,72)(H,81,82)(H4,54,55,57)/t28-,31+,32+,33+,34+,35+,36+,37+,40+,41+/m1/s1. The summed E-state index contributed by atoms with van der Waals surface area (Å²) < 4.78 is 0. The summed E-state index contributed by atoms with van der Waals surface area (Å²) in [6.45, 7) is 6.31. The number of aliphatic carboxylic acids is 2. The summed E-state index contributed by atoms with van der Waals surface area (Å²) >= 11 is 0. The lowest BCUT2D eigenvalue weighted by Gasteiger charge is -2.28. The smallest absolute Gasteiger partial charge is 0.326 e. The maximum atomic E-state index is 14.1. The van der Waals surface area contributed by atoms with Crippen LogP contribution in [-0.4, -0.2) is 188 Å². The van der Waals surface area contributed by atoms with Gasteiger partial charge >= 0.3 is 11.9 Å². The number of benzene rings is 1. The SMILES string of the molecule is CC(C)C[C@H](NC(=O)CNC(=O)[C@@H](NC(=O)[C@H](Cc1ccccc1)NC(=O)[C@H](CO)NC(=O)[C@H](CC(=O)O)NC(=O)[C@@H](NC(=O)[C@H](CCCCN)NC(=O)[C@@H](N)Cc1cnc[nH]1)[C@@H](C)O)C(C)C)C(=O)N[C@@H](CCCN=C(N)N)C(=O)O. The number of aromatic amines is 1. The van der Waals surface area contributed by atoms with Crippen LogP contribution in [0.4, 0.5) is 0 Å². The fourth-order valence-electron chi connectivity index (χ4n) is 7.92. The number of nitrogens with one attached hydrogen (secondary N) is 10. The zero-order valence-corrected chi connectivity index (χ0v) is 46.6. The Morgan fingerprint density at radius 3 is 1.76 bits per heavy atom. The molecule has 0 saturated carbocycles. The number of carbonyl (C=O) groups is 11. The number of hydrogen-bond donors (Lipinski definition) is 18. The number of nitrogens with two attached hydrogens (primary N) is 4. The summed E-state index contributed by atoms with van der Waals surface area (Å²) in [6, 6.07) is -5.46. The molecule has 31 heteroatoms. The molecule has 0 fully saturated rings. The van der Waals surface area contributed by atoms with Gasteiger partial charge in [-0.3, -0.25) is 52.9 Å². The highest BCUT2D eigenvalue weighted by atomic mass is 16.4. The summed E-state index contributed by atoms with van der Waals surface area (Å²) in [4.78, 5) is 157. The van der Waals surface area contributed by atoms with Crippen LogP contribution in [0.1, 0.15) is 90.8 Å². The lowest BCUT2D eigenvalue weighted by atomic mass is 10.0. The van der Waals surface area contributed by atoms with Gasteiger partial charge in [-0.2, -0.15) is 0 Å². The first kappa shape index (κ1) is 69.8. The van der Waals surface area contributed by atoms with E-state index in [1.54, 1.807) is 58.0 Å². The fraction of sp³-hybridized carbons (Fsp3) is 0.588. The number of guanidine groups is 1. The van der Waals surface area contributed by atoms with Gasteiger partial charge in [0.1, 0.15) is 48.3 Å². The number of carboxylic acids is 2. The van der Waals surface area contributed by atoms with Crippen LogP contribution in [0.3, 0.4) is 0 Å². The van der Waals surface area contributed by atoms with Crippen LogP contribution in [0, 0.1) is 11.8 Å². The Hall–Kier alpha value is -8.29. The maximum Gasteiger partial charge on any atom is 0.326 e. The minimum Gasteiger partial charge on any atom is -0.481 e. The first-order chi connectivity index (χ1) is 38.7. The van der Waals surface area contributed by atoms with Crippen LogP contribution in [0.5, 0.6) is 0 Å². The van der Waals surface area contributed by atoms with Gasteiger partial charge in [0.25, 0.3) is 0 Å². The van der Waals surface area contributed by atoms with Gasteiger partial charge in [-0.05, 0) is 69.4 Å². The lowest BCUT2D eigenvalue weighted by molar-refractivity contribution is -0.143. The Kier molecular flexibility index (Phi) is 30.8. The molecule has 2 rings (SSSR count). The number of nitrogens with zero attached hydrogens (tertiary/aromatic N) is 2. The molecule has 0 spiro atoms. The van der Waals surface area contributed by atoms with Crippen molar-refractivity contribution in [1.29, 1.82) is 0 Å². The monoisotopic (exact) mass is 1160 g/mol. The average molecular weight is 1160 g/mol. The van der Waals surface area contributed by atoms with Crippen LogP contribution in [0.25, 0.3) is 0 Å². The fourth-order valence-corrected chi connectivity index (χ4v) is 7.92. The second-order valence-corrected chi connectivity index (χ2v) is 20.2. The second kappa shape index (κ2) is 36.1. The molecule has 2 aromatic rings. The molecule has 22 N–H and O–H groups in total. The molecule has 31 nitrogen and oxygen atoms in total. The molecule has 9 amide bonds. The number of aliphatic imine (C=N–C) groups is 1. The normalized spacial score (nSPS) is 14.8. The Balaban J connectivity index is 2.26. The molecule has 0 aliphatic carbocycles. The van der Waals surface area contributed by atoms with E-state index in [4.69, 9.17) is 22.9 Å². The Bertz CT molecular complexity index is 2460. The summed E-state index contributed by atoms with van der Waals surface area (Å²) in [7, 11) is 0. The molecule has 1 heterocycles. The number of carbonyl (C=O) groups excluding carboxylic acids is 9. The number of unbranched alkanes of at least 4 members (excludes halogenated alkanes) is 1. The third kappa shape index (κ3) is 25.9. The Morgan fingerprint density at radius 2 is 1.20 bits per heavy atom. The predicted molar refractivity (Wildman–Crippen MR) is 295 cm³/mol. The molecule has 1 aromatic carbocycles. The van der Waals surface area contributed by atoms with Gasteiger partial charge in [-0.15, -0.1) is 0 Å². The number of H-pyrrole nitrogens is 1. The second-order valence-electron chi connectivity index (χ2n) is 20.2. The van der Waals surface area contributed by atoms with Crippen molar-refractivity contribution in [2.24, 2.45) is 39.8 Å². The Labute approximate surface area is 473 Å². The average Bonchev–Trinajstić information content (AvgIpc) is 3.92. The van der Waals surface area contributed by atoms with Crippen molar-refractivity contribution in [3.8, 4) is 0 Å². The van der Waals surface area contributed by atoms with E-state index in [1.165, 1.54) is 12.5 Å². The summed E-state index contributed by atoms with van der Waals surface area (Å²) in [5.74, 6) is -12.9. The highest BCUT2D eigenvalue weighted by Gasteiger charge is 2.37. The van der Waals surface area contributed by atoms with E-state index in [2.05, 4.69) is 62.8 Å². The largest absolute Gasteiger partial charge is 0.481 e. The van der Waals surface area contributed by atoms with Crippen molar-refractivity contribution < 1.29 is 73.2 Å². The van der Waals surface area contributed by atoms with Crippen molar-refractivity contribution in [2.75, 3.05) is 26.2 Å². The van der Waals surface area contributed by atoms with Crippen molar-refractivity contribution in [1.82, 2.24) is 57.8 Å². The summed E-state index contributed by atoms with van der Waals surface area (Å²) in [6.07, 6.45) is 0.924. The number of imidazole rings is 1. The van der Waals surface area contributed by atoms with Crippen LogP contribution >= 0.6 is 0 Å². The number of aliphatic hydroxyl groups is 2. The van der Waals surface area contributed by atoms with E-state index in [1.807, 2.05) is 0 Å². The topological polar surface area (TPSA) is 522 Å². The van der Waals surface area contributed by atoms with Gasteiger partial charge in [0, 0.05) is 31.3 Å². The van der Waals surface area contributed by atoms with Gasteiger partial charge in [-0.25, -0.2) is 9.78 Å². The molecule has 0 unspecified atom stereocenters. The van der Waals surface area contributed by atoms with Crippen molar-refractivity contribution in [2.45, 2.75) is 153 Å². The van der Waals surface area contributed by atoms with E-state index in [0.717, 1.165) is 6.92 Å². The highest BCUT2D eigenvalue weighted by molar-refractivity contribution is 5.99. The maximum absolute atomic E-state index is 14.1. The highest BCUT2D eigenvalue weighted by Crippen LogP contribution is 2.11. The minimum atomic E-state index is -2.01. The van der Waals surface area contributed by atoms with E-state index < -0.39 is 151 Å². The van der Waals surface area contributed by atoms with E-state index in [0.29, 0.717) is 24.1 Å². The number of hydrogen-bond acceptors (Lipinski definition) is 17. The molecule has 0 aliphatic heterocycles. The number of amides is 9. The van der Waals surface area contributed by atoms with Crippen LogP contribution in [0.2, 0.25) is 0 Å². The first-order valence-electron chi connectivity index (χ1n) is 26.6. The summed E-state index contributed by atoms with van der Waals surface area (Å²) in [5, 5.41) is 61.9. The van der Waals surface area contributed by atoms with E-state index >= 15 is 0 Å². The zero-order valence-electron chi connectivity index (χ0n) is 46.6. The van der Waals surface area contributed by atoms with E-state index in [-0.39, 0.29) is 63.5 Å². The molecule has 0 radical (unpaired) electrons. The third-order valence-electron chi connectivity index (χ3n) is 12.3. The van der Waals surface area contributed by atoms with Crippen LogP contribution in [0.15, 0.2) is 47.8 Å². The summed E-state index contributed by atoms with van der Waals surface area (Å²) in [5.41, 5.74) is 23.4. The lowest BCUT2D eigenvalue weighted by Crippen LogP contribution is -2.62. The van der Waals surface area contributed by atoms with Crippen molar-refractivity contribution >= 4 is 71.1 Å². The zero-order chi connectivity index (χ0) is 61.6. The first-order valence-corrected chi connectivity index (χ1v) is 26.6. The van der Waals surface area contributed by atoms with E-state index in [9.17, 15) is 73.2 Å². The minimum absolute atomic E-state index is 0.0205. The molecule has 82 heavy (non-hydrogen) atoms. The number of carboxylic acid groups (broad SMARTS) is 2. The quantitative estimate of drug-likeness (QED) is 0.0169. The third-order valence-corrected chi connectivity index (χ3v) is 12.3. The Morgan fingerprint density at radius 1 is 0.634 bits per heavy atom. The molecular formula is C51H82N16O15. The van der Waals surface area contributed by atoms with Crippen molar-refractivity contribution in [3.63, 3.8) is 0 Å². The molecule has 1 aromatic heterocycles. The number of rotatable bonds is 38. The number of aliphatic hydroxyl groups excluding tert-OH is 2. The van der Waals surface area contributed by atoms with Crippen LogP contribution < -0.4 is 70.8 Å². The van der Waals surface area contributed by atoms with Gasteiger partial charge < -0.3 is 96.2 Å². The molecule has 0 aliphatic rings. The molecule has 456 valence electrons. The van der Waals surface area contributed by atoms with Crippen LogP contribution in [-0.2, 0) is 65.6 Å². The number of aromatic nitrogens is 2. The molecule has 0 bridgehead atoms. The van der Waals surface area contributed by atoms with Gasteiger partial charge in [-0.1, -0.05) is 58.0 Å². The van der Waals surface area contributed by atoms with Gasteiger partial charge in [0.05, 0.1) is 38.0 Å². The molecular weight excluding hydrogens is 1080 g/mol. The molecule has 0 saturated heterocycles. The predicted octanol–water partition coefficient (Wildman–Crippen LogP) is -5.67. The van der Waals surface area contributed by atoms with Gasteiger partial charge in [0.15, 0.2) is 5.96 Å². The molecule has 10 atom stereocenters. The van der Waals surface area contributed by atoms with Crippen molar-refractivity contribution in [3.05, 3.63) is 54.1 Å².